The Labute approximate surface area is 115 Å². The molecule has 0 saturated carbocycles. The molecule has 0 aliphatic carbocycles. The lowest BCUT2D eigenvalue weighted by Crippen LogP contribution is -2.56. The minimum absolute atomic E-state index is 0.127. The Bertz CT molecular complexity index is 426. The van der Waals surface area contributed by atoms with Gasteiger partial charge in [-0.2, -0.15) is 0 Å². The van der Waals surface area contributed by atoms with Gasteiger partial charge >= 0.3 is 5.97 Å². The van der Waals surface area contributed by atoms with Crippen molar-refractivity contribution in [2.45, 2.75) is 38.6 Å². The van der Waals surface area contributed by atoms with Crippen molar-refractivity contribution in [3.05, 3.63) is 35.9 Å². The second-order valence-electron chi connectivity index (χ2n) is 5.68. The number of rotatable bonds is 6. The average molecular weight is 261 g/mol. The van der Waals surface area contributed by atoms with Crippen molar-refractivity contribution in [2.24, 2.45) is 5.92 Å². The van der Waals surface area contributed by atoms with Crippen molar-refractivity contribution in [3.63, 3.8) is 0 Å². The van der Waals surface area contributed by atoms with Crippen molar-refractivity contribution in [1.82, 2.24) is 4.90 Å². The van der Waals surface area contributed by atoms with Gasteiger partial charge in [0.15, 0.2) is 0 Å². The minimum atomic E-state index is -0.707. The maximum Gasteiger partial charge on any atom is 0.303 e. The molecule has 19 heavy (non-hydrogen) atoms. The molecule has 0 bridgehead atoms. The van der Waals surface area contributed by atoms with E-state index in [0.29, 0.717) is 12.3 Å². The molecule has 1 aromatic carbocycles. The topological polar surface area (TPSA) is 40.5 Å². The van der Waals surface area contributed by atoms with Crippen LogP contribution in [0.3, 0.4) is 0 Å². The highest BCUT2D eigenvalue weighted by Gasteiger charge is 2.43. The minimum Gasteiger partial charge on any atom is -0.481 e. The van der Waals surface area contributed by atoms with Crippen LogP contribution >= 0.6 is 0 Å². The summed E-state index contributed by atoms with van der Waals surface area (Å²) >= 11 is 0. The Morgan fingerprint density at radius 3 is 2.37 bits per heavy atom. The molecule has 1 aliphatic rings. The summed E-state index contributed by atoms with van der Waals surface area (Å²) in [6.07, 6.45) is 2.13. The third-order valence-corrected chi connectivity index (χ3v) is 4.37. The van der Waals surface area contributed by atoms with Crippen LogP contribution in [0.4, 0.5) is 0 Å². The van der Waals surface area contributed by atoms with Crippen LogP contribution in [0.1, 0.15) is 38.7 Å². The molecule has 1 atom stereocenters. The van der Waals surface area contributed by atoms with Crippen molar-refractivity contribution in [3.8, 4) is 0 Å². The Balaban J connectivity index is 2.36. The van der Waals surface area contributed by atoms with Crippen LogP contribution in [0, 0.1) is 5.92 Å². The van der Waals surface area contributed by atoms with Gasteiger partial charge in [-0.1, -0.05) is 44.2 Å². The van der Waals surface area contributed by atoms with Crippen molar-refractivity contribution < 1.29 is 9.90 Å². The number of likely N-dealkylation sites (tertiary alicyclic amines) is 1. The van der Waals surface area contributed by atoms with E-state index in [-0.39, 0.29) is 12.0 Å². The van der Waals surface area contributed by atoms with Crippen LogP contribution in [-0.4, -0.2) is 29.1 Å². The van der Waals surface area contributed by atoms with Crippen LogP contribution in [-0.2, 0) is 10.3 Å². The SMILES string of the molecule is CC(C)C(CCC(=O)O)(c1ccccc1)N1CCC1. The predicted molar refractivity (Wildman–Crippen MR) is 76.0 cm³/mol. The number of nitrogens with zero attached hydrogens (tertiary/aromatic N) is 1. The molecule has 0 amide bonds. The van der Waals surface area contributed by atoms with E-state index >= 15 is 0 Å². The molecule has 1 aliphatic heterocycles. The first kappa shape index (κ1) is 14.1. The zero-order chi connectivity index (χ0) is 13.9. The number of aliphatic carboxylic acids is 1. The first-order chi connectivity index (χ1) is 9.07. The normalized spacial score (nSPS) is 18.9. The zero-order valence-corrected chi connectivity index (χ0v) is 11.8. The van der Waals surface area contributed by atoms with Crippen LogP contribution < -0.4 is 0 Å². The Morgan fingerprint density at radius 2 is 1.95 bits per heavy atom. The highest BCUT2D eigenvalue weighted by atomic mass is 16.4. The van der Waals surface area contributed by atoms with E-state index in [1.54, 1.807) is 0 Å². The van der Waals surface area contributed by atoms with Crippen LogP contribution in [0.15, 0.2) is 30.3 Å². The van der Waals surface area contributed by atoms with E-state index in [1.165, 1.54) is 12.0 Å². The maximum absolute atomic E-state index is 11.0. The molecular weight excluding hydrogens is 238 g/mol. The van der Waals surface area contributed by atoms with Gasteiger partial charge in [-0.05, 0) is 24.3 Å². The summed E-state index contributed by atoms with van der Waals surface area (Å²) in [5, 5.41) is 9.06. The quantitative estimate of drug-likeness (QED) is 0.855. The van der Waals surface area contributed by atoms with E-state index < -0.39 is 5.97 Å². The van der Waals surface area contributed by atoms with Crippen molar-refractivity contribution >= 4 is 5.97 Å². The van der Waals surface area contributed by atoms with Gasteiger partial charge in [0.25, 0.3) is 0 Å². The van der Waals surface area contributed by atoms with Gasteiger partial charge in [-0.25, -0.2) is 0 Å². The number of benzene rings is 1. The summed E-state index contributed by atoms with van der Waals surface area (Å²) in [6.45, 7) is 6.56. The van der Waals surface area contributed by atoms with E-state index in [4.69, 9.17) is 5.11 Å². The third-order valence-electron chi connectivity index (χ3n) is 4.37. The van der Waals surface area contributed by atoms with E-state index in [1.807, 2.05) is 18.2 Å². The monoisotopic (exact) mass is 261 g/mol. The summed E-state index contributed by atoms with van der Waals surface area (Å²) < 4.78 is 0. The van der Waals surface area contributed by atoms with Crippen molar-refractivity contribution in [2.75, 3.05) is 13.1 Å². The van der Waals surface area contributed by atoms with Crippen LogP contribution in [0.5, 0.6) is 0 Å². The van der Waals surface area contributed by atoms with E-state index in [9.17, 15) is 4.79 Å². The standard InChI is InChI=1S/C16H23NO2/c1-13(2)16(10-9-15(18)19,17-11-6-12-17)14-7-4-3-5-8-14/h3-5,7-8,13H,6,9-12H2,1-2H3,(H,18,19). The van der Waals surface area contributed by atoms with Gasteiger partial charge in [0.05, 0.1) is 0 Å². The fourth-order valence-corrected chi connectivity index (χ4v) is 3.21. The molecule has 1 N–H and O–H groups in total. The molecule has 1 unspecified atom stereocenters. The Hall–Kier alpha value is -1.35. The Morgan fingerprint density at radius 1 is 1.32 bits per heavy atom. The van der Waals surface area contributed by atoms with E-state index in [0.717, 1.165) is 13.1 Å². The van der Waals surface area contributed by atoms with Gasteiger partial charge in [-0.15, -0.1) is 0 Å². The molecule has 1 fully saturated rings. The average Bonchev–Trinajstić information content (AvgIpc) is 2.32. The second kappa shape index (κ2) is 5.74. The smallest absolute Gasteiger partial charge is 0.303 e. The molecule has 3 nitrogen and oxygen atoms in total. The fraction of sp³-hybridized carbons (Fsp3) is 0.562. The lowest BCUT2D eigenvalue weighted by atomic mass is 9.73. The molecule has 104 valence electrons. The number of carboxylic acids is 1. The molecule has 1 aromatic rings. The second-order valence-corrected chi connectivity index (χ2v) is 5.68. The van der Waals surface area contributed by atoms with Crippen molar-refractivity contribution in [1.29, 1.82) is 0 Å². The zero-order valence-electron chi connectivity index (χ0n) is 11.8. The molecule has 1 heterocycles. The van der Waals surface area contributed by atoms with Crippen LogP contribution in [0.2, 0.25) is 0 Å². The largest absolute Gasteiger partial charge is 0.481 e. The maximum atomic E-state index is 11.0. The molecule has 0 spiro atoms. The molecule has 1 saturated heterocycles. The number of hydrogen-bond donors (Lipinski definition) is 1. The Kier molecular flexibility index (Phi) is 4.25. The molecule has 0 radical (unpaired) electrons. The van der Waals surface area contributed by atoms with Gasteiger partial charge in [0.1, 0.15) is 0 Å². The number of carboxylic acid groups (broad SMARTS) is 1. The molecule has 3 heteroatoms. The third kappa shape index (κ3) is 2.66. The first-order valence-corrected chi connectivity index (χ1v) is 7.09. The lowest BCUT2D eigenvalue weighted by Gasteiger charge is -2.52. The van der Waals surface area contributed by atoms with Gasteiger partial charge in [0, 0.05) is 25.0 Å². The van der Waals surface area contributed by atoms with Gasteiger partial charge in [-0.3, -0.25) is 9.69 Å². The van der Waals surface area contributed by atoms with Crippen LogP contribution in [0.25, 0.3) is 0 Å². The number of hydrogen-bond acceptors (Lipinski definition) is 2. The number of carbonyl (C=O) groups is 1. The van der Waals surface area contributed by atoms with E-state index in [2.05, 4.69) is 30.9 Å². The molecule has 2 rings (SSSR count). The summed E-state index contributed by atoms with van der Waals surface area (Å²) in [5.41, 5.74) is 1.13. The summed E-state index contributed by atoms with van der Waals surface area (Å²) in [6, 6.07) is 10.4. The lowest BCUT2D eigenvalue weighted by molar-refractivity contribution is -0.138. The summed E-state index contributed by atoms with van der Waals surface area (Å²) in [4.78, 5) is 13.5. The molecule has 0 aromatic heterocycles. The molecular formula is C16H23NO2. The summed E-state index contributed by atoms with van der Waals surface area (Å²) in [5.74, 6) is -0.309. The predicted octanol–water partition coefficient (Wildman–Crippen LogP) is 3.11. The fourth-order valence-electron chi connectivity index (χ4n) is 3.21. The highest BCUT2D eigenvalue weighted by molar-refractivity contribution is 5.66. The highest BCUT2D eigenvalue weighted by Crippen LogP contribution is 2.42. The van der Waals surface area contributed by atoms with Gasteiger partial charge < -0.3 is 5.11 Å². The summed E-state index contributed by atoms with van der Waals surface area (Å²) in [7, 11) is 0. The first-order valence-electron chi connectivity index (χ1n) is 7.09. The van der Waals surface area contributed by atoms with Gasteiger partial charge in [0.2, 0.25) is 0 Å².